The molecule has 8 nitrogen and oxygen atoms in total. The van der Waals surface area contributed by atoms with Gasteiger partial charge in [-0.3, -0.25) is 10.1 Å². The highest BCUT2D eigenvalue weighted by molar-refractivity contribution is 5.90. The minimum Gasteiger partial charge on any atom is -0.465 e. The van der Waals surface area contributed by atoms with Gasteiger partial charge in [-0.2, -0.15) is 0 Å². The van der Waals surface area contributed by atoms with Crippen molar-refractivity contribution in [3.05, 3.63) is 51.7 Å². The van der Waals surface area contributed by atoms with Crippen LogP contribution < -0.4 is 10.2 Å². The largest absolute Gasteiger partial charge is 0.465 e. The number of hydrogen-bond acceptors (Lipinski definition) is 7. The molecule has 1 aliphatic heterocycles. The molecule has 0 aliphatic carbocycles. The van der Waals surface area contributed by atoms with Gasteiger partial charge in [0.15, 0.2) is 11.6 Å². The highest BCUT2D eigenvalue weighted by Crippen LogP contribution is 2.32. The molecule has 1 aromatic heterocycles. The first-order chi connectivity index (χ1) is 12.9. The molecular formula is C17H16F2N4O4. The average molecular weight is 378 g/mol. The fraction of sp³-hybridized carbons (Fsp3) is 0.294. The first-order valence-corrected chi connectivity index (χ1v) is 8.14. The van der Waals surface area contributed by atoms with Gasteiger partial charge in [0.2, 0.25) is 5.82 Å². The standard InChI is InChI=1S/C17H16F2N4O4/c1-27-17(24)10-6-14(23(25)26)16(20-9-10)21-11-7-12(18)15(13(19)8-11)22-4-2-3-5-22/h6-9H,2-5H2,1H3,(H,20,21). The summed E-state index contributed by atoms with van der Waals surface area (Å²) in [5.41, 5.74) is -0.783. The highest BCUT2D eigenvalue weighted by atomic mass is 19.1. The van der Waals surface area contributed by atoms with Crippen molar-refractivity contribution in [2.45, 2.75) is 12.8 Å². The van der Waals surface area contributed by atoms with Crippen LogP contribution >= 0.6 is 0 Å². The van der Waals surface area contributed by atoms with Crippen LogP contribution in [-0.4, -0.2) is 36.1 Å². The van der Waals surface area contributed by atoms with Crippen molar-refractivity contribution >= 4 is 28.8 Å². The van der Waals surface area contributed by atoms with Crippen molar-refractivity contribution in [3.8, 4) is 0 Å². The third kappa shape index (κ3) is 3.78. The predicted octanol–water partition coefficient (Wildman–Crippen LogP) is 3.40. The van der Waals surface area contributed by atoms with E-state index in [4.69, 9.17) is 0 Å². The summed E-state index contributed by atoms with van der Waals surface area (Å²) in [6.07, 6.45) is 2.80. The Morgan fingerprint density at radius 3 is 2.44 bits per heavy atom. The Labute approximate surface area is 152 Å². The molecule has 1 aromatic carbocycles. The van der Waals surface area contributed by atoms with Crippen LogP contribution in [0.15, 0.2) is 24.4 Å². The van der Waals surface area contributed by atoms with E-state index in [0.29, 0.717) is 13.1 Å². The fourth-order valence-electron chi connectivity index (χ4n) is 2.94. The number of nitrogens with zero attached hydrogens (tertiary/aromatic N) is 3. The summed E-state index contributed by atoms with van der Waals surface area (Å²) < 4.78 is 33.3. The molecule has 0 amide bonds. The number of nitrogens with one attached hydrogen (secondary N) is 1. The summed E-state index contributed by atoms with van der Waals surface area (Å²) in [5, 5.41) is 13.8. The topological polar surface area (TPSA) is 97.6 Å². The molecule has 0 bridgehead atoms. The molecule has 3 rings (SSSR count). The van der Waals surface area contributed by atoms with Crippen LogP contribution in [0.25, 0.3) is 0 Å². The third-order valence-corrected chi connectivity index (χ3v) is 4.19. The molecule has 1 fully saturated rings. The fourth-order valence-corrected chi connectivity index (χ4v) is 2.94. The molecule has 142 valence electrons. The number of rotatable bonds is 5. The van der Waals surface area contributed by atoms with Crippen molar-refractivity contribution in [3.63, 3.8) is 0 Å². The minimum absolute atomic E-state index is 0.0330. The van der Waals surface area contributed by atoms with Gasteiger partial charge in [-0.15, -0.1) is 0 Å². The quantitative estimate of drug-likeness (QED) is 0.484. The number of esters is 1. The van der Waals surface area contributed by atoms with Crippen molar-refractivity contribution in [1.82, 2.24) is 4.98 Å². The molecule has 2 heterocycles. The van der Waals surface area contributed by atoms with Crippen LogP contribution in [0.3, 0.4) is 0 Å². The normalized spacial score (nSPS) is 13.5. The molecule has 0 unspecified atom stereocenters. The maximum absolute atomic E-state index is 14.4. The third-order valence-electron chi connectivity index (χ3n) is 4.19. The number of pyridine rings is 1. The number of anilines is 3. The maximum atomic E-state index is 14.4. The van der Waals surface area contributed by atoms with Crippen molar-refractivity contribution in [2.75, 3.05) is 30.4 Å². The van der Waals surface area contributed by atoms with Crippen LogP contribution in [-0.2, 0) is 4.74 Å². The molecule has 0 atom stereocenters. The molecule has 1 N–H and O–H groups in total. The number of nitro groups is 1. The zero-order valence-electron chi connectivity index (χ0n) is 14.4. The Kier molecular flexibility index (Phi) is 5.15. The Balaban J connectivity index is 1.93. The number of benzene rings is 1. The summed E-state index contributed by atoms with van der Waals surface area (Å²) in [6.45, 7) is 1.14. The lowest BCUT2D eigenvalue weighted by molar-refractivity contribution is -0.384. The molecule has 1 saturated heterocycles. The second-order valence-electron chi connectivity index (χ2n) is 5.95. The van der Waals surface area contributed by atoms with E-state index in [0.717, 1.165) is 44.3 Å². The molecule has 2 aromatic rings. The molecule has 0 radical (unpaired) electrons. The van der Waals surface area contributed by atoms with E-state index in [2.05, 4.69) is 15.0 Å². The number of aromatic nitrogens is 1. The lowest BCUT2D eigenvalue weighted by Crippen LogP contribution is -2.20. The zero-order valence-corrected chi connectivity index (χ0v) is 14.4. The average Bonchev–Trinajstić information content (AvgIpc) is 3.14. The number of carbonyl (C=O) groups excluding carboxylic acids is 1. The number of carbonyl (C=O) groups is 1. The van der Waals surface area contributed by atoms with Gasteiger partial charge in [-0.1, -0.05) is 0 Å². The number of methoxy groups -OCH3 is 1. The Hall–Kier alpha value is -3.30. The van der Waals surface area contributed by atoms with E-state index in [1.807, 2.05) is 0 Å². The van der Waals surface area contributed by atoms with E-state index in [-0.39, 0.29) is 22.8 Å². The van der Waals surface area contributed by atoms with Crippen LogP contribution in [0, 0.1) is 21.7 Å². The summed E-state index contributed by atoms with van der Waals surface area (Å²) in [5.74, 6) is -2.58. The first-order valence-electron chi connectivity index (χ1n) is 8.14. The van der Waals surface area contributed by atoms with Crippen LogP contribution in [0.5, 0.6) is 0 Å². The second kappa shape index (κ2) is 7.52. The smallest absolute Gasteiger partial charge is 0.339 e. The van der Waals surface area contributed by atoms with Gasteiger partial charge < -0.3 is 15.0 Å². The monoisotopic (exact) mass is 378 g/mol. The van der Waals surface area contributed by atoms with Crippen LogP contribution in [0.1, 0.15) is 23.2 Å². The SMILES string of the molecule is COC(=O)c1cnc(Nc2cc(F)c(N3CCCC3)c(F)c2)c([N+](=O)[O-])c1. The molecule has 1 aliphatic rings. The molecule has 10 heteroatoms. The number of ether oxygens (including phenoxy) is 1. The van der Waals surface area contributed by atoms with Crippen LogP contribution in [0.4, 0.5) is 31.7 Å². The van der Waals surface area contributed by atoms with E-state index >= 15 is 0 Å². The van der Waals surface area contributed by atoms with Gasteiger partial charge in [0.25, 0.3) is 0 Å². The first kappa shape index (κ1) is 18.5. The highest BCUT2D eigenvalue weighted by Gasteiger charge is 2.23. The van der Waals surface area contributed by atoms with Crippen molar-refractivity contribution in [2.24, 2.45) is 0 Å². The maximum Gasteiger partial charge on any atom is 0.339 e. The summed E-state index contributed by atoms with van der Waals surface area (Å²) >= 11 is 0. The molecular weight excluding hydrogens is 362 g/mol. The Bertz CT molecular complexity index is 877. The Morgan fingerprint density at radius 1 is 1.26 bits per heavy atom. The van der Waals surface area contributed by atoms with E-state index in [1.165, 1.54) is 0 Å². The number of halogens is 2. The zero-order chi connectivity index (χ0) is 19.6. The van der Waals surface area contributed by atoms with E-state index in [1.54, 1.807) is 4.90 Å². The number of hydrogen-bond donors (Lipinski definition) is 1. The van der Waals surface area contributed by atoms with E-state index in [9.17, 15) is 23.7 Å². The van der Waals surface area contributed by atoms with Gasteiger partial charge >= 0.3 is 11.7 Å². The van der Waals surface area contributed by atoms with Gasteiger partial charge in [0, 0.05) is 31.0 Å². The second-order valence-corrected chi connectivity index (χ2v) is 5.95. The predicted molar refractivity (Wildman–Crippen MR) is 93.3 cm³/mol. The van der Waals surface area contributed by atoms with Gasteiger partial charge in [-0.05, 0) is 25.0 Å². The lowest BCUT2D eigenvalue weighted by Gasteiger charge is -2.20. The van der Waals surface area contributed by atoms with Gasteiger partial charge in [0.05, 0.1) is 17.6 Å². The Morgan fingerprint density at radius 2 is 1.89 bits per heavy atom. The minimum atomic E-state index is -0.788. The van der Waals surface area contributed by atoms with Gasteiger partial charge in [0.1, 0.15) is 5.69 Å². The molecule has 0 spiro atoms. The van der Waals surface area contributed by atoms with Crippen LogP contribution in [0.2, 0.25) is 0 Å². The summed E-state index contributed by atoms with van der Waals surface area (Å²) in [6, 6.07) is 3.08. The lowest BCUT2D eigenvalue weighted by atomic mass is 10.2. The van der Waals surface area contributed by atoms with E-state index < -0.39 is 28.2 Å². The van der Waals surface area contributed by atoms with Crippen molar-refractivity contribution in [1.29, 1.82) is 0 Å². The van der Waals surface area contributed by atoms with Crippen molar-refractivity contribution < 1.29 is 23.2 Å². The summed E-state index contributed by atoms with van der Waals surface area (Å²) in [4.78, 5) is 27.4. The molecule has 0 saturated carbocycles. The van der Waals surface area contributed by atoms with Gasteiger partial charge in [-0.25, -0.2) is 18.6 Å². The molecule has 27 heavy (non-hydrogen) atoms. The summed E-state index contributed by atoms with van der Waals surface area (Å²) in [7, 11) is 1.13.